The van der Waals surface area contributed by atoms with Crippen LogP contribution in [0.2, 0.25) is 0 Å². The van der Waals surface area contributed by atoms with Crippen molar-refractivity contribution in [2.75, 3.05) is 0 Å². The molecule has 4 atom stereocenters. The monoisotopic (exact) mass is 736 g/mol. The molecule has 9 rings (SSSR count). The van der Waals surface area contributed by atoms with Gasteiger partial charge < -0.3 is 0 Å². The molecule has 0 N–H and O–H groups in total. The highest BCUT2D eigenvalue weighted by atomic mass is 31.1. The van der Waals surface area contributed by atoms with E-state index in [0.717, 1.165) is 14.7 Å². The van der Waals surface area contributed by atoms with E-state index in [2.05, 4.69) is 194 Å². The zero-order valence-electron chi connectivity index (χ0n) is 32.7. The predicted molar refractivity (Wildman–Crippen MR) is 242 cm³/mol. The van der Waals surface area contributed by atoms with Gasteiger partial charge in [0.15, 0.2) is 0 Å². The van der Waals surface area contributed by atoms with Crippen molar-refractivity contribution in [3.8, 4) is 22.3 Å². The summed E-state index contributed by atoms with van der Waals surface area (Å²) in [5.41, 5.74) is 12.3. The van der Waals surface area contributed by atoms with E-state index in [1.807, 2.05) is 0 Å². The summed E-state index contributed by atoms with van der Waals surface area (Å²) in [5, 5.41) is 11.0. The van der Waals surface area contributed by atoms with Crippen molar-refractivity contribution in [1.29, 1.82) is 0 Å². The Labute approximate surface area is 324 Å². The average molecular weight is 737 g/mol. The van der Waals surface area contributed by atoms with Gasteiger partial charge in [0, 0.05) is 11.3 Å². The van der Waals surface area contributed by atoms with Crippen molar-refractivity contribution in [3.63, 3.8) is 0 Å². The maximum absolute atomic E-state index is 2.56. The highest BCUT2D eigenvalue weighted by Crippen LogP contribution is 2.74. The van der Waals surface area contributed by atoms with Crippen LogP contribution in [0.3, 0.4) is 0 Å². The van der Waals surface area contributed by atoms with Gasteiger partial charge in [-0.15, -0.1) is 8.58 Å². The van der Waals surface area contributed by atoms with Crippen LogP contribution in [-0.4, -0.2) is 10.3 Å². The van der Waals surface area contributed by atoms with Gasteiger partial charge in [-0.25, -0.2) is 0 Å². The van der Waals surface area contributed by atoms with Crippen LogP contribution in [-0.2, 0) is 6.16 Å². The molecule has 268 valence electrons. The number of fused-ring (bicyclic) bond motifs is 9. The molecule has 8 aromatic carbocycles. The highest BCUT2D eigenvalue weighted by Gasteiger charge is 2.44. The lowest BCUT2D eigenvalue weighted by Crippen LogP contribution is -2.22. The molecule has 1 aliphatic rings. The fourth-order valence-corrected chi connectivity index (χ4v) is 15.0. The van der Waals surface area contributed by atoms with Crippen LogP contribution in [0.25, 0.3) is 65.3 Å². The van der Waals surface area contributed by atoms with E-state index in [9.17, 15) is 0 Å². The summed E-state index contributed by atoms with van der Waals surface area (Å²) in [7, 11) is 0.160. The van der Waals surface area contributed by atoms with Crippen LogP contribution in [0.1, 0.15) is 75.1 Å². The molecule has 4 unspecified atom stereocenters. The SMILES string of the molecule is Cc1ccc2ccccc2c1-c1c(C(PC(C)(C)C)C2c3ccc4ccccc4c3-c3c(ccc4ccccc34)CP2C(C)(C)C)ccc2ccccc12. The topological polar surface area (TPSA) is 0 Å². The van der Waals surface area contributed by atoms with Gasteiger partial charge in [-0.1, -0.05) is 195 Å². The summed E-state index contributed by atoms with van der Waals surface area (Å²) >= 11 is 0. The first-order valence-corrected chi connectivity index (χ1v) is 22.2. The summed E-state index contributed by atoms with van der Waals surface area (Å²) in [5.74, 6) is 0. The van der Waals surface area contributed by atoms with E-state index in [4.69, 9.17) is 0 Å². The number of aryl methyl sites for hydroxylation is 1. The molecule has 2 heteroatoms. The highest BCUT2D eigenvalue weighted by molar-refractivity contribution is 7.59. The lowest BCUT2D eigenvalue weighted by Gasteiger charge is -2.44. The molecule has 0 radical (unpaired) electrons. The molecule has 8 aromatic rings. The predicted octanol–water partition coefficient (Wildman–Crippen LogP) is 16.0. The van der Waals surface area contributed by atoms with Crippen LogP contribution in [0, 0.1) is 6.92 Å². The van der Waals surface area contributed by atoms with Crippen LogP contribution < -0.4 is 0 Å². The second kappa shape index (κ2) is 13.4. The Morgan fingerprint density at radius 1 is 0.500 bits per heavy atom. The Bertz CT molecular complexity index is 2720. The summed E-state index contributed by atoms with van der Waals surface area (Å²) < 4.78 is 0. The van der Waals surface area contributed by atoms with Crippen molar-refractivity contribution >= 4 is 59.6 Å². The van der Waals surface area contributed by atoms with Gasteiger partial charge in [0.2, 0.25) is 0 Å². The first-order chi connectivity index (χ1) is 26.0. The fraction of sp³-hybridized carbons (Fsp3) is 0.231. The molecule has 0 spiro atoms. The normalized spacial score (nSPS) is 16.9. The van der Waals surface area contributed by atoms with Crippen molar-refractivity contribution in [2.24, 2.45) is 0 Å². The van der Waals surface area contributed by atoms with Crippen LogP contribution in [0.4, 0.5) is 0 Å². The van der Waals surface area contributed by atoms with E-state index in [1.165, 1.54) is 82.0 Å². The van der Waals surface area contributed by atoms with E-state index < -0.39 is 7.92 Å². The molecule has 0 saturated carbocycles. The first kappa shape index (κ1) is 35.4. The summed E-state index contributed by atoms with van der Waals surface area (Å²) in [6.07, 6.45) is 1.11. The largest absolute Gasteiger partial charge is 0.108 e. The third kappa shape index (κ3) is 6.08. The van der Waals surface area contributed by atoms with Crippen LogP contribution in [0.15, 0.2) is 146 Å². The zero-order chi connectivity index (χ0) is 37.4. The van der Waals surface area contributed by atoms with Crippen molar-refractivity contribution in [3.05, 3.63) is 168 Å². The molecule has 0 aromatic heterocycles. The van der Waals surface area contributed by atoms with Gasteiger partial charge in [0.1, 0.15) is 0 Å². The minimum Gasteiger partial charge on any atom is -0.108 e. The molecule has 0 fully saturated rings. The standard InChI is InChI=1S/C52H50P2/c1-33-24-25-34-16-8-12-20-39(34)45(33)47-41-22-14-10-18-36(41)28-30-43(47)49(53-51(2,3)4)50-44-31-29-37-19-11-15-23-42(37)48(44)46-38(32-54(50)52(5,6)7)27-26-35-17-9-13-21-40(35)46/h8-31,49-50,53H,32H2,1-7H3. The maximum atomic E-state index is 2.56. The van der Waals surface area contributed by atoms with E-state index >= 15 is 0 Å². The lowest BCUT2D eigenvalue weighted by molar-refractivity contribution is 0.733. The lowest BCUT2D eigenvalue weighted by atomic mass is 9.83. The smallest absolute Gasteiger partial charge is 0.0162 e. The Hall–Kier alpha value is -4.34. The zero-order valence-corrected chi connectivity index (χ0v) is 34.6. The summed E-state index contributed by atoms with van der Waals surface area (Å²) in [6.45, 7) is 17.3. The molecule has 0 saturated heterocycles. The summed E-state index contributed by atoms with van der Waals surface area (Å²) in [4.78, 5) is 0. The molecular weight excluding hydrogens is 687 g/mol. The number of benzene rings is 8. The van der Waals surface area contributed by atoms with Gasteiger partial charge in [-0.2, -0.15) is 0 Å². The Morgan fingerprint density at radius 2 is 0.963 bits per heavy atom. The average Bonchev–Trinajstić information content (AvgIpc) is 3.32. The quantitative estimate of drug-likeness (QED) is 0.158. The molecule has 0 bridgehead atoms. The van der Waals surface area contributed by atoms with E-state index in [0.29, 0.717) is 11.3 Å². The van der Waals surface area contributed by atoms with Crippen LogP contribution in [0.5, 0.6) is 0 Å². The second-order valence-corrected chi connectivity index (χ2v) is 23.0. The molecule has 0 nitrogen and oxygen atoms in total. The molecule has 1 aliphatic heterocycles. The van der Waals surface area contributed by atoms with Crippen LogP contribution >= 0.6 is 16.5 Å². The van der Waals surface area contributed by atoms with Crippen molar-refractivity contribution in [1.82, 2.24) is 0 Å². The van der Waals surface area contributed by atoms with Gasteiger partial charge in [-0.05, 0) is 111 Å². The molecule has 0 amide bonds. The van der Waals surface area contributed by atoms with Gasteiger partial charge >= 0.3 is 0 Å². The molecule has 0 aliphatic carbocycles. The third-order valence-electron chi connectivity index (χ3n) is 11.7. The molecule has 54 heavy (non-hydrogen) atoms. The van der Waals surface area contributed by atoms with Crippen molar-refractivity contribution in [2.45, 2.75) is 76.3 Å². The summed E-state index contributed by atoms with van der Waals surface area (Å²) in [6, 6.07) is 55.9. The van der Waals surface area contributed by atoms with Gasteiger partial charge in [0.25, 0.3) is 0 Å². The number of hydrogen-bond donors (Lipinski definition) is 0. The third-order valence-corrected chi connectivity index (χ3v) is 17.4. The second-order valence-electron chi connectivity index (χ2n) is 17.4. The Kier molecular flexibility index (Phi) is 8.81. The Balaban J connectivity index is 1.43. The minimum atomic E-state index is -0.563. The minimum absolute atomic E-state index is 0.114. The number of rotatable bonds is 4. The van der Waals surface area contributed by atoms with Gasteiger partial charge in [0.05, 0.1) is 0 Å². The van der Waals surface area contributed by atoms with Gasteiger partial charge in [-0.3, -0.25) is 0 Å². The number of hydrogen-bond acceptors (Lipinski definition) is 0. The first-order valence-electron chi connectivity index (χ1n) is 19.6. The fourth-order valence-electron chi connectivity index (χ4n) is 9.35. The molecular formula is C52H50P2. The van der Waals surface area contributed by atoms with Crippen molar-refractivity contribution < 1.29 is 0 Å². The van der Waals surface area contributed by atoms with E-state index in [1.54, 1.807) is 5.56 Å². The molecule has 1 heterocycles. The maximum Gasteiger partial charge on any atom is 0.0162 e. The Morgan fingerprint density at radius 3 is 1.52 bits per heavy atom. The van der Waals surface area contributed by atoms with E-state index in [-0.39, 0.29) is 10.3 Å².